The van der Waals surface area contributed by atoms with Gasteiger partial charge in [0.15, 0.2) is 5.82 Å². The zero-order valence-corrected chi connectivity index (χ0v) is 8.32. The van der Waals surface area contributed by atoms with Crippen molar-refractivity contribution in [2.24, 2.45) is 0 Å². The first kappa shape index (κ1) is 8.37. The Hall–Kier alpha value is -1.23. The second kappa shape index (κ2) is 3.66. The summed E-state index contributed by atoms with van der Waals surface area (Å²) < 4.78 is 0. The summed E-state index contributed by atoms with van der Waals surface area (Å²) in [6.45, 7) is 0. The van der Waals surface area contributed by atoms with E-state index in [0.717, 1.165) is 11.4 Å². The minimum Gasteiger partial charge on any atom is -0.264 e. The molecule has 0 aliphatic heterocycles. The predicted molar refractivity (Wildman–Crippen MR) is 52.2 cm³/mol. The molecular weight excluding hydrogens is 232 g/mol. The Morgan fingerprint density at radius 2 is 2.38 bits per heavy atom. The molecular formula is C8H7BrN4. The topological polar surface area (TPSA) is 54.5 Å². The fourth-order valence-corrected chi connectivity index (χ4v) is 1.23. The van der Waals surface area contributed by atoms with Gasteiger partial charge in [-0.3, -0.25) is 10.1 Å². The van der Waals surface area contributed by atoms with Crippen LogP contribution in [0.5, 0.6) is 0 Å². The number of aromatic nitrogens is 4. The van der Waals surface area contributed by atoms with E-state index >= 15 is 0 Å². The zero-order valence-electron chi connectivity index (χ0n) is 6.74. The lowest BCUT2D eigenvalue weighted by Crippen LogP contribution is -1.81. The van der Waals surface area contributed by atoms with Crippen molar-refractivity contribution in [2.75, 3.05) is 0 Å². The quantitative estimate of drug-likeness (QED) is 0.812. The molecule has 2 heterocycles. The van der Waals surface area contributed by atoms with Gasteiger partial charge in [0, 0.05) is 18.0 Å². The van der Waals surface area contributed by atoms with Crippen LogP contribution in [0.3, 0.4) is 0 Å². The predicted octanol–water partition coefficient (Wildman–Crippen LogP) is 1.76. The molecule has 0 radical (unpaired) electrons. The molecule has 2 aromatic heterocycles. The molecule has 0 bridgehead atoms. The Morgan fingerprint density at radius 3 is 3.00 bits per heavy atom. The number of H-pyrrole nitrogens is 1. The largest absolute Gasteiger partial charge is 0.264 e. The molecule has 2 rings (SSSR count). The molecule has 0 atom stereocenters. The van der Waals surface area contributed by atoms with Crippen molar-refractivity contribution in [2.45, 2.75) is 5.33 Å². The first-order valence-corrected chi connectivity index (χ1v) is 4.90. The van der Waals surface area contributed by atoms with Crippen molar-refractivity contribution in [3.05, 3.63) is 30.4 Å². The van der Waals surface area contributed by atoms with Gasteiger partial charge in [-0.1, -0.05) is 15.9 Å². The lowest BCUT2D eigenvalue weighted by molar-refractivity contribution is 1.03. The molecule has 5 heteroatoms. The summed E-state index contributed by atoms with van der Waals surface area (Å²) in [7, 11) is 0. The van der Waals surface area contributed by atoms with Crippen molar-refractivity contribution >= 4 is 15.9 Å². The van der Waals surface area contributed by atoms with Crippen molar-refractivity contribution in [1.82, 2.24) is 20.2 Å². The second-order valence-electron chi connectivity index (χ2n) is 2.48. The van der Waals surface area contributed by atoms with E-state index in [2.05, 4.69) is 36.1 Å². The Morgan fingerprint density at radius 1 is 1.46 bits per heavy atom. The first-order valence-electron chi connectivity index (χ1n) is 3.78. The zero-order chi connectivity index (χ0) is 9.10. The van der Waals surface area contributed by atoms with Gasteiger partial charge in [0.2, 0.25) is 0 Å². The summed E-state index contributed by atoms with van der Waals surface area (Å²) >= 11 is 3.29. The molecule has 0 aliphatic rings. The lowest BCUT2D eigenvalue weighted by Gasteiger charge is -1.90. The number of nitrogens with zero attached hydrogens (tertiary/aromatic N) is 3. The molecule has 2 aromatic rings. The molecule has 1 N–H and O–H groups in total. The third-order valence-corrected chi connectivity index (χ3v) is 2.11. The summed E-state index contributed by atoms with van der Waals surface area (Å²) in [5.41, 5.74) is 0.922. The number of nitrogens with one attached hydrogen (secondary N) is 1. The smallest absolute Gasteiger partial charge is 0.182 e. The van der Waals surface area contributed by atoms with E-state index in [1.54, 1.807) is 12.4 Å². The molecule has 66 valence electrons. The van der Waals surface area contributed by atoms with Crippen LogP contribution in [0.15, 0.2) is 24.5 Å². The third kappa shape index (κ3) is 1.75. The van der Waals surface area contributed by atoms with Crippen LogP contribution in [-0.2, 0) is 5.33 Å². The van der Waals surface area contributed by atoms with E-state index in [1.807, 2.05) is 12.1 Å². The second-order valence-corrected chi connectivity index (χ2v) is 3.04. The maximum atomic E-state index is 4.25. The van der Waals surface area contributed by atoms with E-state index in [-0.39, 0.29) is 0 Å². The van der Waals surface area contributed by atoms with Gasteiger partial charge in [-0.15, -0.1) is 0 Å². The van der Waals surface area contributed by atoms with Crippen LogP contribution in [0.2, 0.25) is 0 Å². The van der Waals surface area contributed by atoms with Crippen molar-refractivity contribution < 1.29 is 0 Å². The van der Waals surface area contributed by atoms with Gasteiger partial charge in [-0.2, -0.15) is 5.10 Å². The lowest BCUT2D eigenvalue weighted by atomic mass is 10.3. The molecule has 4 nitrogen and oxygen atoms in total. The molecule has 0 fully saturated rings. The molecule has 0 amide bonds. The minimum atomic E-state index is 0.681. The average Bonchev–Trinajstić information content (AvgIpc) is 2.67. The van der Waals surface area contributed by atoms with E-state index in [9.17, 15) is 0 Å². The summed E-state index contributed by atoms with van der Waals surface area (Å²) in [5, 5.41) is 7.55. The van der Waals surface area contributed by atoms with Gasteiger partial charge < -0.3 is 0 Å². The van der Waals surface area contributed by atoms with Crippen LogP contribution < -0.4 is 0 Å². The number of aromatic amines is 1. The maximum Gasteiger partial charge on any atom is 0.182 e. The van der Waals surface area contributed by atoms with Gasteiger partial charge in [-0.25, -0.2) is 4.98 Å². The number of halogens is 1. The highest BCUT2D eigenvalue weighted by atomic mass is 79.9. The minimum absolute atomic E-state index is 0.681. The maximum absolute atomic E-state index is 4.25. The Bertz CT molecular complexity index is 384. The van der Waals surface area contributed by atoms with Crippen LogP contribution in [0.1, 0.15) is 5.82 Å². The van der Waals surface area contributed by atoms with E-state index < -0.39 is 0 Å². The normalized spacial score (nSPS) is 10.2. The van der Waals surface area contributed by atoms with Gasteiger partial charge >= 0.3 is 0 Å². The number of hydrogen-bond acceptors (Lipinski definition) is 3. The van der Waals surface area contributed by atoms with Crippen LogP contribution in [0.4, 0.5) is 0 Å². The van der Waals surface area contributed by atoms with Gasteiger partial charge in [0.05, 0.1) is 5.33 Å². The molecule has 0 aliphatic carbocycles. The summed E-state index contributed by atoms with van der Waals surface area (Å²) in [6, 6.07) is 3.79. The molecule has 0 spiro atoms. The van der Waals surface area contributed by atoms with Crippen molar-refractivity contribution in [1.29, 1.82) is 0 Å². The highest BCUT2D eigenvalue weighted by Crippen LogP contribution is 2.12. The Labute approximate surface area is 83.6 Å². The van der Waals surface area contributed by atoms with Crippen LogP contribution in [0.25, 0.3) is 11.4 Å². The summed E-state index contributed by atoms with van der Waals surface area (Å²) in [6.07, 6.45) is 3.46. The first-order chi connectivity index (χ1) is 6.40. The molecule has 0 aromatic carbocycles. The monoisotopic (exact) mass is 238 g/mol. The van der Waals surface area contributed by atoms with Crippen LogP contribution in [-0.4, -0.2) is 20.2 Å². The average molecular weight is 239 g/mol. The highest BCUT2D eigenvalue weighted by Gasteiger charge is 2.03. The van der Waals surface area contributed by atoms with Gasteiger partial charge in [-0.05, 0) is 12.1 Å². The molecule has 0 unspecified atom stereocenters. The fourth-order valence-electron chi connectivity index (χ4n) is 0.979. The third-order valence-electron chi connectivity index (χ3n) is 1.58. The van der Waals surface area contributed by atoms with E-state index in [4.69, 9.17) is 0 Å². The van der Waals surface area contributed by atoms with Gasteiger partial charge in [0.1, 0.15) is 5.82 Å². The number of rotatable bonds is 2. The molecule has 0 saturated heterocycles. The standard InChI is InChI=1S/C8H7BrN4/c9-4-7-11-8(13-12-7)6-2-1-3-10-5-6/h1-3,5H,4H2,(H,11,12,13). The SMILES string of the molecule is BrCc1nc(-c2cccnc2)n[nH]1. The Kier molecular flexibility index (Phi) is 2.35. The summed E-state index contributed by atoms with van der Waals surface area (Å²) in [5.74, 6) is 1.50. The number of pyridine rings is 1. The van der Waals surface area contributed by atoms with E-state index in [1.165, 1.54) is 0 Å². The summed E-state index contributed by atoms with van der Waals surface area (Å²) in [4.78, 5) is 8.24. The Balaban J connectivity index is 2.36. The number of alkyl halides is 1. The molecule has 13 heavy (non-hydrogen) atoms. The van der Waals surface area contributed by atoms with Gasteiger partial charge in [0.25, 0.3) is 0 Å². The molecule has 0 saturated carbocycles. The van der Waals surface area contributed by atoms with Crippen LogP contribution in [0, 0.1) is 0 Å². The van der Waals surface area contributed by atoms with E-state index in [0.29, 0.717) is 11.2 Å². The number of hydrogen-bond donors (Lipinski definition) is 1. The fraction of sp³-hybridized carbons (Fsp3) is 0.125. The van der Waals surface area contributed by atoms with Crippen LogP contribution >= 0.6 is 15.9 Å². The highest BCUT2D eigenvalue weighted by molar-refractivity contribution is 9.08. The van der Waals surface area contributed by atoms with Crippen molar-refractivity contribution in [3.8, 4) is 11.4 Å². The van der Waals surface area contributed by atoms with Crippen molar-refractivity contribution in [3.63, 3.8) is 0 Å².